The van der Waals surface area contributed by atoms with E-state index in [-0.39, 0.29) is 28.2 Å². The van der Waals surface area contributed by atoms with Crippen LogP contribution in [0.1, 0.15) is 58.6 Å². The monoisotopic (exact) mass is 941 g/mol. The number of benzene rings is 12. The lowest BCUT2D eigenvalue weighted by atomic mass is 9.76. The van der Waals surface area contributed by atoms with Crippen LogP contribution in [-0.4, -0.2) is 0 Å². The van der Waals surface area contributed by atoms with Crippen LogP contribution in [0.3, 0.4) is 0 Å². The van der Waals surface area contributed by atoms with E-state index in [9.17, 15) is 5.48 Å². The summed E-state index contributed by atoms with van der Waals surface area (Å²) in [7, 11) is 0. The minimum absolute atomic E-state index is 0.0623. The molecule has 0 aliphatic carbocycles. The first-order valence-corrected chi connectivity index (χ1v) is 23.9. The normalized spacial score (nSPS) is 13.9. The van der Waals surface area contributed by atoms with E-state index in [1.54, 1.807) is 18.2 Å². The molecule has 0 amide bonds. The molecule has 0 heterocycles. The Hall–Kier alpha value is -8.66. The van der Waals surface area contributed by atoms with Gasteiger partial charge in [0.15, 0.2) is 0 Å². The SMILES string of the molecule is [2H]c1c([2H])c([2H])c(C(c2c(F)ccc(-c3cccc(C)c3)c2-c2cccc(C)c2)c2ccc3ccc4c(N(c5c([2H])c([2H])c([2H])c([2H])c5[2H])c5c(F)ccc(-c6cccc(C)c6)c5-c5cccc(C)c5)ccc5ccc2c3c54)c([2H])c1[2H]. The van der Waals surface area contributed by atoms with Gasteiger partial charge in [0.2, 0.25) is 0 Å². The van der Waals surface area contributed by atoms with Gasteiger partial charge in [0.1, 0.15) is 11.6 Å². The predicted molar refractivity (Wildman–Crippen MR) is 299 cm³/mol. The first-order valence-electron chi connectivity index (χ1n) is 28.9. The summed E-state index contributed by atoms with van der Waals surface area (Å²) in [4.78, 5) is 1.45. The summed E-state index contributed by atoms with van der Waals surface area (Å²) in [5, 5.41) is 3.78. The Bertz CT molecular complexity index is 4280. The molecule has 0 aliphatic rings. The minimum Gasteiger partial charge on any atom is -0.307 e. The highest BCUT2D eigenvalue weighted by atomic mass is 19.1. The Morgan fingerprint density at radius 1 is 0.431 bits per heavy atom. The first kappa shape index (κ1) is 34.6. The first-order chi connectivity index (χ1) is 39.3. The van der Waals surface area contributed by atoms with Gasteiger partial charge in [-0.15, -0.1) is 0 Å². The van der Waals surface area contributed by atoms with Crippen molar-refractivity contribution in [2.45, 2.75) is 33.6 Å². The molecule has 3 heteroatoms. The minimum atomic E-state index is -1.34. The van der Waals surface area contributed by atoms with Gasteiger partial charge in [0.25, 0.3) is 0 Å². The van der Waals surface area contributed by atoms with E-state index in [1.807, 2.05) is 167 Å². The lowest BCUT2D eigenvalue weighted by molar-refractivity contribution is 0.608. The van der Waals surface area contributed by atoms with Crippen LogP contribution < -0.4 is 4.90 Å². The lowest BCUT2D eigenvalue weighted by Gasteiger charge is -2.31. The molecule has 0 radical (unpaired) electrons. The van der Waals surface area contributed by atoms with Crippen molar-refractivity contribution >= 4 is 49.4 Å². The molecular weight excluding hydrogens is 881 g/mol. The third-order valence-corrected chi connectivity index (χ3v) is 13.9. The molecule has 72 heavy (non-hydrogen) atoms. The number of anilines is 3. The van der Waals surface area contributed by atoms with E-state index in [1.165, 1.54) is 17.0 Å². The third kappa shape index (κ3) is 7.79. The number of hydrogen-bond donors (Lipinski definition) is 0. The highest BCUT2D eigenvalue weighted by Crippen LogP contribution is 2.52. The van der Waals surface area contributed by atoms with Gasteiger partial charge < -0.3 is 4.90 Å². The molecule has 0 N–H and O–H groups in total. The van der Waals surface area contributed by atoms with Crippen LogP contribution in [0.25, 0.3) is 76.8 Å². The van der Waals surface area contributed by atoms with Crippen molar-refractivity contribution in [3.05, 3.63) is 281 Å². The molecule has 0 aliphatic heterocycles. The summed E-state index contributed by atoms with van der Waals surface area (Å²) in [5.74, 6) is -2.73. The van der Waals surface area contributed by atoms with Gasteiger partial charge in [-0.2, -0.15) is 0 Å². The second-order valence-corrected chi connectivity index (χ2v) is 18.6. The Balaban J connectivity index is 1.22. The molecule has 12 rings (SSSR count). The zero-order chi connectivity index (χ0) is 57.7. The van der Waals surface area contributed by atoms with Crippen molar-refractivity contribution in [1.82, 2.24) is 0 Å². The van der Waals surface area contributed by atoms with Crippen LogP contribution >= 0.6 is 0 Å². The zero-order valence-corrected chi connectivity index (χ0v) is 39.9. The Morgan fingerprint density at radius 2 is 0.903 bits per heavy atom. The van der Waals surface area contributed by atoms with Gasteiger partial charge in [-0.05, 0) is 135 Å². The highest BCUT2D eigenvalue weighted by Gasteiger charge is 2.31. The maximum atomic E-state index is 18.0. The second kappa shape index (κ2) is 18.3. The van der Waals surface area contributed by atoms with Crippen LogP contribution in [0.4, 0.5) is 25.8 Å². The summed E-state index contributed by atoms with van der Waals surface area (Å²) in [5.41, 5.74) is 9.04. The molecule has 1 atom stereocenters. The largest absolute Gasteiger partial charge is 0.307 e. The smallest absolute Gasteiger partial charge is 0.147 e. The molecule has 1 nitrogen and oxygen atoms in total. The van der Waals surface area contributed by atoms with E-state index in [2.05, 4.69) is 0 Å². The van der Waals surface area contributed by atoms with Gasteiger partial charge in [-0.1, -0.05) is 222 Å². The van der Waals surface area contributed by atoms with Crippen molar-refractivity contribution < 1.29 is 22.5 Å². The quantitative estimate of drug-likeness (QED) is 0.0975. The molecule has 1 unspecified atom stereocenters. The molecule has 0 aromatic heterocycles. The van der Waals surface area contributed by atoms with Crippen molar-refractivity contribution in [3.63, 3.8) is 0 Å². The number of rotatable bonds is 10. The standard InChI is InChI=1S/C69H51F2N/c1-43-15-11-21-50(39-43)55-34-36-60(70)68(66(55)52-23-13-17-45(3)41-52)64(47-19-7-5-8-20-47)58-32-27-48-29-33-59-62(38-30-49-28-31-57(58)63(48)65(49)59)72(54-25-9-6-10-26-54)69-61(71)37-35-56(51-22-12-16-44(2)40-51)67(69)53-24-14-18-46(4)42-53/h5-42,64H,1-4H3/i5D,6D,7D,8D,9D,10D,19D,20D,25D,26D. The van der Waals surface area contributed by atoms with E-state index in [0.29, 0.717) is 60.5 Å². The maximum absolute atomic E-state index is 18.0. The summed E-state index contributed by atoms with van der Waals surface area (Å²) in [6.45, 7) is 7.80. The predicted octanol–water partition coefficient (Wildman–Crippen LogP) is 19.4. The van der Waals surface area contributed by atoms with Crippen LogP contribution in [0.15, 0.2) is 230 Å². The molecular formula is C69H51F2N. The number of nitrogens with zero attached hydrogens (tertiary/aromatic N) is 1. The number of hydrogen-bond acceptors (Lipinski definition) is 1. The second-order valence-electron chi connectivity index (χ2n) is 18.6. The molecule has 346 valence electrons. The van der Waals surface area contributed by atoms with Gasteiger partial charge in [-0.3, -0.25) is 0 Å². The van der Waals surface area contributed by atoms with Gasteiger partial charge in [0, 0.05) is 28.1 Å². The molecule has 0 spiro atoms. The number of para-hydroxylation sites is 1. The Kier molecular flexibility index (Phi) is 8.78. The Labute approximate surface area is 434 Å². The molecule has 12 aromatic rings. The molecule has 0 bridgehead atoms. The third-order valence-electron chi connectivity index (χ3n) is 13.9. The lowest BCUT2D eigenvalue weighted by Crippen LogP contribution is -2.14. The van der Waals surface area contributed by atoms with Crippen LogP contribution in [0.5, 0.6) is 0 Å². The zero-order valence-electron chi connectivity index (χ0n) is 49.9. The van der Waals surface area contributed by atoms with Crippen molar-refractivity contribution in [3.8, 4) is 44.5 Å². The summed E-state index contributed by atoms with van der Waals surface area (Å²) in [6.07, 6.45) is 0. The summed E-state index contributed by atoms with van der Waals surface area (Å²) < 4.78 is 128. The van der Waals surface area contributed by atoms with E-state index >= 15 is 8.78 Å². The fraction of sp³-hybridized carbons (Fsp3) is 0.0725. The average molecular weight is 942 g/mol. The fourth-order valence-corrected chi connectivity index (χ4v) is 10.8. The Morgan fingerprint density at radius 3 is 1.50 bits per heavy atom. The molecule has 12 aromatic carbocycles. The van der Waals surface area contributed by atoms with Crippen LogP contribution in [-0.2, 0) is 0 Å². The van der Waals surface area contributed by atoms with E-state index in [0.717, 1.165) is 44.2 Å². The molecule has 0 saturated heterocycles. The average Bonchev–Trinajstić information content (AvgIpc) is 1.55. The van der Waals surface area contributed by atoms with Crippen LogP contribution in [0.2, 0.25) is 0 Å². The van der Waals surface area contributed by atoms with Crippen molar-refractivity contribution in [2.24, 2.45) is 0 Å². The summed E-state index contributed by atoms with van der Waals surface area (Å²) in [6, 6.07) is 46.2. The number of halogens is 2. The van der Waals surface area contributed by atoms with Gasteiger partial charge in [0.05, 0.1) is 25.1 Å². The summed E-state index contributed by atoms with van der Waals surface area (Å²) >= 11 is 0. The fourth-order valence-electron chi connectivity index (χ4n) is 10.8. The van der Waals surface area contributed by atoms with E-state index < -0.39 is 78.0 Å². The highest BCUT2D eigenvalue weighted by molar-refractivity contribution is 6.26. The molecule has 0 saturated carbocycles. The van der Waals surface area contributed by atoms with Crippen LogP contribution in [0, 0.1) is 39.3 Å². The van der Waals surface area contributed by atoms with Gasteiger partial charge in [-0.25, -0.2) is 8.78 Å². The van der Waals surface area contributed by atoms with Crippen molar-refractivity contribution in [1.29, 1.82) is 0 Å². The van der Waals surface area contributed by atoms with Crippen molar-refractivity contribution in [2.75, 3.05) is 4.90 Å². The van der Waals surface area contributed by atoms with Gasteiger partial charge >= 0.3 is 0 Å². The topological polar surface area (TPSA) is 3.24 Å². The molecule has 0 fully saturated rings. The maximum Gasteiger partial charge on any atom is 0.147 e. The van der Waals surface area contributed by atoms with E-state index in [4.69, 9.17) is 8.22 Å². The number of aryl methyl sites for hydroxylation is 4.